The predicted octanol–water partition coefficient (Wildman–Crippen LogP) is 11.3. The molecule has 2 aliphatic heterocycles. The molecule has 0 radical (unpaired) electrons. The Kier molecular flexibility index (Phi) is 11.0. The molecule has 6 amide bonds. The summed E-state index contributed by atoms with van der Waals surface area (Å²) < 4.78 is 15.1. The summed E-state index contributed by atoms with van der Waals surface area (Å²) in [5.41, 5.74) is 3.73. The monoisotopic (exact) mass is 948 g/mol. The van der Waals surface area contributed by atoms with Crippen molar-refractivity contribution in [3.63, 3.8) is 0 Å². The lowest BCUT2D eigenvalue weighted by atomic mass is 9.68. The molecular formula is C50H36N4O8S4. The van der Waals surface area contributed by atoms with Gasteiger partial charge in [0.05, 0.1) is 25.2 Å². The second kappa shape index (κ2) is 16.9. The van der Waals surface area contributed by atoms with Gasteiger partial charge in [-0.25, -0.2) is 9.59 Å². The zero-order chi connectivity index (χ0) is 46.0. The number of rotatable bonds is 6. The van der Waals surface area contributed by atoms with E-state index in [2.05, 4.69) is 0 Å². The number of nitriles is 2. The summed E-state index contributed by atoms with van der Waals surface area (Å²) in [7, 11) is 0. The molecule has 12 nitrogen and oxygen atoms in total. The fourth-order valence-corrected chi connectivity index (χ4v) is 15.2. The van der Waals surface area contributed by atoms with E-state index in [-0.39, 0.29) is 40.9 Å². The molecule has 2 aliphatic carbocycles. The van der Waals surface area contributed by atoms with Crippen LogP contribution in [0.1, 0.15) is 78.0 Å². The summed E-state index contributed by atoms with van der Waals surface area (Å²) in [5.74, 6) is -5.61. The molecule has 4 aromatic heterocycles. The Morgan fingerprint density at radius 2 is 1.26 bits per heavy atom. The van der Waals surface area contributed by atoms with Gasteiger partial charge in [-0.15, -0.1) is 45.3 Å². The standard InChI is InChI=1S/C50H36N4O8S4/c1-26-32(44(55)53(46(57)34(26)22-51)48(59)61-24-28-12-6-3-7-13-28)18-30-20-36-40(63-30)38-42(65-36)43-39(50(38)16-10-5-11-17-50)41-37(66-43)21-31(64-41)19-33-27(2)35(23-52)47(58)54(45(33)56)49(60)62-25-29-14-8-4-9-15-29/h3-4,6-9,12-15,18-21,26,34H,5,10-11,16-17,24-25H2,1-2H3/b32-18+,33-19+. The van der Waals surface area contributed by atoms with Crippen molar-refractivity contribution >= 4 is 112 Å². The van der Waals surface area contributed by atoms with Gasteiger partial charge >= 0.3 is 12.2 Å². The number of nitrogens with zero attached hydrogens (tertiary/aromatic N) is 4. The predicted molar refractivity (Wildman–Crippen MR) is 252 cm³/mol. The molecule has 0 N–H and O–H groups in total. The first-order valence-electron chi connectivity index (χ1n) is 21.2. The smallest absolute Gasteiger partial charge is 0.424 e. The molecule has 16 heteroatoms. The Morgan fingerprint density at radius 3 is 1.79 bits per heavy atom. The van der Waals surface area contributed by atoms with Gasteiger partial charge in [0, 0.05) is 52.8 Å². The lowest BCUT2D eigenvalue weighted by molar-refractivity contribution is -0.146. The number of likely N-dealkylation sites (tertiary alicyclic amines) is 1. The van der Waals surface area contributed by atoms with Crippen LogP contribution < -0.4 is 0 Å². The van der Waals surface area contributed by atoms with Crippen molar-refractivity contribution in [2.45, 2.75) is 64.6 Å². The molecule has 1 saturated carbocycles. The fraction of sp³-hybridized carbons (Fsp3) is 0.240. The number of amides is 6. The zero-order valence-electron chi connectivity index (χ0n) is 35.4. The molecule has 1 spiro atoms. The summed E-state index contributed by atoms with van der Waals surface area (Å²) in [6.07, 6.45) is 6.12. The highest BCUT2D eigenvalue weighted by atomic mass is 32.1. The van der Waals surface area contributed by atoms with Crippen LogP contribution in [0.4, 0.5) is 9.59 Å². The summed E-state index contributed by atoms with van der Waals surface area (Å²) in [4.78, 5) is 85.9. The van der Waals surface area contributed by atoms with Gasteiger partial charge in [-0.05, 0) is 60.8 Å². The van der Waals surface area contributed by atoms with Crippen LogP contribution in [0.2, 0.25) is 0 Å². The number of benzene rings is 2. The highest BCUT2D eigenvalue weighted by Crippen LogP contribution is 2.66. The average Bonchev–Trinajstić information content (AvgIpc) is 4.11. The second-order valence-corrected chi connectivity index (χ2v) is 20.9. The summed E-state index contributed by atoms with van der Waals surface area (Å²) >= 11 is 6.49. The SMILES string of the molecule is CC1=C(C#N)C(=O)N(C(=O)OCc2ccccc2)C(=O)/C1=C/c1cc2sc3c(c2s1)C1(CCCCC1)c1c-3sc2cc(/C=C3/C(=O)N(C(=O)OCc4ccccc4)C(=O)C(C#N)C3C)sc12. The van der Waals surface area contributed by atoms with Crippen LogP contribution in [0.25, 0.3) is 40.7 Å². The van der Waals surface area contributed by atoms with Gasteiger partial charge in [0.15, 0.2) is 0 Å². The Bertz CT molecular complexity index is 3280. The van der Waals surface area contributed by atoms with Crippen LogP contribution in [-0.2, 0) is 47.3 Å². The molecule has 1 saturated heterocycles. The first kappa shape index (κ1) is 43.1. The summed E-state index contributed by atoms with van der Waals surface area (Å²) in [6, 6.07) is 25.7. The van der Waals surface area contributed by atoms with Crippen LogP contribution in [0.3, 0.4) is 0 Å². The van der Waals surface area contributed by atoms with Crippen molar-refractivity contribution in [1.29, 1.82) is 10.5 Å². The van der Waals surface area contributed by atoms with Crippen LogP contribution in [-0.4, -0.2) is 45.6 Å². The highest BCUT2D eigenvalue weighted by molar-refractivity contribution is 7.35. The van der Waals surface area contributed by atoms with Gasteiger partial charge in [0.25, 0.3) is 23.6 Å². The minimum Gasteiger partial charge on any atom is -0.444 e. The third-order valence-electron chi connectivity index (χ3n) is 12.8. The Labute approximate surface area is 393 Å². The normalized spacial score (nSPS) is 20.4. The van der Waals surface area contributed by atoms with Crippen molar-refractivity contribution in [3.05, 3.63) is 127 Å². The Morgan fingerprint density at radius 1 is 0.727 bits per heavy atom. The van der Waals surface area contributed by atoms with Crippen molar-refractivity contribution < 1.29 is 38.2 Å². The number of carbonyl (C=O) groups is 6. The summed E-state index contributed by atoms with van der Waals surface area (Å²) in [6.45, 7) is 2.89. The van der Waals surface area contributed by atoms with E-state index >= 15 is 0 Å². The van der Waals surface area contributed by atoms with Crippen LogP contribution in [0.5, 0.6) is 0 Å². The third kappa shape index (κ3) is 6.95. The number of piperidine rings is 1. The van der Waals surface area contributed by atoms with Crippen LogP contribution in [0.15, 0.2) is 95.1 Å². The van der Waals surface area contributed by atoms with Crippen molar-refractivity contribution in [2.24, 2.45) is 11.8 Å². The van der Waals surface area contributed by atoms with Crippen molar-refractivity contribution in [1.82, 2.24) is 9.80 Å². The second-order valence-electron chi connectivity index (χ2n) is 16.6. The molecule has 0 bridgehead atoms. The average molecular weight is 949 g/mol. The van der Waals surface area contributed by atoms with E-state index in [0.717, 1.165) is 60.7 Å². The van der Waals surface area contributed by atoms with Crippen LogP contribution in [0, 0.1) is 34.5 Å². The number of fused-ring (bicyclic) bond motifs is 9. The molecule has 2 aromatic carbocycles. The molecular weight excluding hydrogens is 913 g/mol. The van der Waals surface area contributed by atoms with Gasteiger partial charge in [-0.1, -0.05) is 86.8 Å². The molecule has 10 rings (SSSR count). The largest absolute Gasteiger partial charge is 0.444 e. The maximum Gasteiger partial charge on any atom is 0.424 e. The Hall–Kier alpha value is -6.82. The van der Waals surface area contributed by atoms with Gasteiger partial charge in [0.2, 0.25) is 0 Å². The van der Waals surface area contributed by atoms with E-state index in [9.17, 15) is 39.3 Å². The number of thiophene rings is 4. The molecule has 328 valence electrons. The van der Waals surface area contributed by atoms with E-state index in [1.165, 1.54) is 39.1 Å². The number of hydrogen-bond donors (Lipinski definition) is 0. The number of imide groups is 6. The molecule has 2 atom stereocenters. The lowest BCUT2D eigenvalue weighted by Crippen LogP contribution is -2.52. The van der Waals surface area contributed by atoms with Crippen molar-refractivity contribution in [2.75, 3.05) is 0 Å². The topological polar surface area (TPSA) is 175 Å². The highest BCUT2D eigenvalue weighted by Gasteiger charge is 2.50. The minimum absolute atomic E-state index is 0.0604. The number of hydrogen-bond acceptors (Lipinski definition) is 14. The van der Waals surface area contributed by atoms with E-state index in [0.29, 0.717) is 20.9 Å². The van der Waals surface area contributed by atoms with Gasteiger partial charge in [0.1, 0.15) is 30.8 Å². The molecule has 66 heavy (non-hydrogen) atoms. The maximum absolute atomic E-state index is 14.0. The van der Waals surface area contributed by atoms with Gasteiger partial charge < -0.3 is 9.47 Å². The number of ether oxygens (including phenoxy) is 2. The van der Waals surface area contributed by atoms with E-state index < -0.39 is 47.7 Å². The third-order valence-corrected chi connectivity index (χ3v) is 17.7. The van der Waals surface area contributed by atoms with Gasteiger partial charge in [-0.2, -0.15) is 20.3 Å². The molecule has 2 unspecified atom stereocenters. The molecule has 6 aromatic rings. The van der Waals surface area contributed by atoms with Crippen LogP contribution >= 0.6 is 45.3 Å². The molecule has 6 heterocycles. The first-order valence-corrected chi connectivity index (χ1v) is 24.5. The first-order chi connectivity index (χ1) is 31.9. The molecule has 4 aliphatic rings. The fourth-order valence-electron chi connectivity index (χ4n) is 9.52. The quantitative estimate of drug-likeness (QED) is 0.115. The van der Waals surface area contributed by atoms with Crippen molar-refractivity contribution in [3.8, 4) is 21.9 Å². The Balaban J connectivity index is 0.981. The molecule has 2 fully saturated rings. The van der Waals surface area contributed by atoms with E-state index in [4.69, 9.17) is 9.47 Å². The minimum atomic E-state index is -1.26. The zero-order valence-corrected chi connectivity index (χ0v) is 38.6. The maximum atomic E-state index is 14.0. The van der Waals surface area contributed by atoms with Gasteiger partial charge in [-0.3, -0.25) is 19.2 Å². The summed E-state index contributed by atoms with van der Waals surface area (Å²) in [5, 5.41) is 20.0. The van der Waals surface area contributed by atoms with E-state index in [1.807, 2.05) is 36.4 Å². The van der Waals surface area contributed by atoms with E-state index in [1.54, 1.807) is 102 Å². The number of carbonyl (C=O) groups excluding carboxylic acids is 6. The lowest BCUT2D eigenvalue weighted by Gasteiger charge is -2.35.